The van der Waals surface area contributed by atoms with Crippen LogP contribution in [-0.2, 0) is 28.6 Å². The van der Waals surface area contributed by atoms with Crippen molar-refractivity contribution in [2.24, 2.45) is 0 Å². The van der Waals surface area contributed by atoms with E-state index in [1.54, 1.807) is 0 Å². The molecule has 0 heterocycles. The van der Waals surface area contributed by atoms with Gasteiger partial charge in [-0.3, -0.25) is 14.4 Å². The Hall–Kier alpha value is -2.89. The third-order valence-corrected chi connectivity index (χ3v) is 16.2. The van der Waals surface area contributed by atoms with E-state index < -0.39 is 6.10 Å². The number of esters is 3. The Kier molecular flexibility index (Phi) is 68.1. The van der Waals surface area contributed by atoms with Crippen molar-refractivity contribution in [3.8, 4) is 0 Å². The van der Waals surface area contributed by atoms with Crippen LogP contribution in [0.2, 0.25) is 0 Å². The first kappa shape index (κ1) is 79.1. The minimum atomic E-state index is -0.777. The molecular formula is C76H138O6. The molecule has 0 spiro atoms. The Morgan fingerprint density at radius 3 is 0.707 bits per heavy atom. The zero-order valence-corrected chi connectivity index (χ0v) is 55.0. The number of ether oxygens (including phenoxy) is 3. The molecule has 478 valence electrons. The highest BCUT2D eigenvalue weighted by Gasteiger charge is 2.19. The highest BCUT2D eigenvalue weighted by atomic mass is 16.6. The summed E-state index contributed by atoms with van der Waals surface area (Å²) in [4.78, 5) is 38.5. The maximum Gasteiger partial charge on any atom is 0.306 e. The Labute approximate surface area is 510 Å². The molecule has 0 bridgehead atoms. The highest BCUT2D eigenvalue weighted by Crippen LogP contribution is 2.18. The molecule has 0 aliphatic heterocycles. The molecule has 0 saturated carbocycles. The lowest BCUT2D eigenvalue weighted by molar-refractivity contribution is -0.167. The van der Waals surface area contributed by atoms with Gasteiger partial charge in [-0.1, -0.05) is 338 Å². The molecule has 0 amide bonds. The Bertz CT molecular complexity index is 1460. The van der Waals surface area contributed by atoms with Crippen molar-refractivity contribution in [2.45, 2.75) is 393 Å². The van der Waals surface area contributed by atoms with E-state index in [2.05, 4.69) is 81.5 Å². The van der Waals surface area contributed by atoms with E-state index >= 15 is 0 Å². The third kappa shape index (κ3) is 67.9. The molecule has 0 aliphatic rings. The van der Waals surface area contributed by atoms with Gasteiger partial charge in [0.25, 0.3) is 0 Å². The van der Waals surface area contributed by atoms with E-state index in [1.165, 1.54) is 263 Å². The average Bonchev–Trinajstić information content (AvgIpc) is 3.47. The van der Waals surface area contributed by atoms with E-state index in [9.17, 15) is 14.4 Å². The molecule has 0 aromatic heterocycles. The number of unbranched alkanes of at least 4 members (excludes halogenated alkanes) is 46. The SMILES string of the molecule is CCCCC/C=C\C/C=C\CCCCCCCCCC(=O)OCC(COC(=O)CCCCCCCCCCCCCCCC/C=C\C/C=C\C/C=C\CCCCCCC)OC(=O)CCCCCCCCCCCCCCCCCCCC. The van der Waals surface area contributed by atoms with Crippen molar-refractivity contribution in [1.82, 2.24) is 0 Å². The monoisotopic (exact) mass is 1150 g/mol. The van der Waals surface area contributed by atoms with Crippen molar-refractivity contribution in [3.63, 3.8) is 0 Å². The van der Waals surface area contributed by atoms with Gasteiger partial charge in [-0.15, -0.1) is 0 Å². The largest absolute Gasteiger partial charge is 0.462 e. The summed E-state index contributed by atoms with van der Waals surface area (Å²) >= 11 is 0. The van der Waals surface area contributed by atoms with Crippen LogP contribution in [0, 0.1) is 0 Å². The van der Waals surface area contributed by atoms with E-state index in [-0.39, 0.29) is 31.1 Å². The zero-order chi connectivity index (χ0) is 59.2. The first-order valence-corrected chi connectivity index (χ1v) is 36.3. The van der Waals surface area contributed by atoms with E-state index in [4.69, 9.17) is 14.2 Å². The van der Waals surface area contributed by atoms with Gasteiger partial charge < -0.3 is 14.2 Å². The van der Waals surface area contributed by atoms with Gasteiger partial charge in [-0.2, -0.15) is 0 Å². The quantitative estimate of drug-likeness (QED) is 0.0261. The van der Waals surface area contributed by atoms with Gasteiger partial charge in [0.05, 0.1) is 0 Å². The lowest BCUT2D eigenvalue weighted by Gasteiger charge is -2.18. The molecule has 0 fully saturated rings. The Morgan fingerprint density at radius 1 is 0.244 bits per heavy atom. The number of carbonyl (C=O) groups excluding carboxylic acids is 3. The van der Waals surface area contributed by atoms with Crippen LogP contribution in [0.3, 0.4) is 0 Å². The van der Waals surface area contributed by atoms with E-state index in [0.29, 0.717) is 19.3 Å². The molecular weight excluding hydrogens is 1010 g/mol. The first-order valence-electron chi connectivity index (χ1n) is 36.3. The first-order chi connectivity index (χ1) is 40.5. The van der Waals surface area contributed by atoms with E-state index in [0.717, 1.165) is 83.5 Å². The molecule has 1 unspecified atom stereocenters. The fourth-order valence-electron chi connectivity index (χ4n) is 10.8. The molecule has 0 N–H and O–H groups in total. The number of hydrogen-bond acceptors (Lipinski definition) is 6. The predicted octanol–water partition coefficient (Wildman–Crippen LogP) is 25.1. The van der Waals surface area contributed by atoms with Gasteiger partial charge in [0.1, 0.15) is 13.2 Å². The summed E-state index contributed by atoms with van der Waals surface area (Å²) in [6, 6.07) is 0. The Morgan fingerprint density at radius 2 is 0.439 bits per heavy atom. The Balaban J connectivity index is 4.26. The number of hydrogen-bond donors (Lipinski definition) is 0. The van der Waals surface area contributed by atoms with Crippen LogP contribution < -0.4 is 0 Å². The number of rotatable bonds is 67. The summed E-state index contributed by atoms with van der Waals surface area (Å²) in [5.41, 5.74) is 0. The zero-order valence-electron chi connectivity index (χ0n) is 55.0. The number of allylic oxidation sites excluding steroid dienone is 10. The summed E-state index contributed by atoms with van der Waals surface area (Å²) in [5.74, 6) is -0.854. The topological polar surface area (TPSA) is 78.9 Å². The predicted molar refractivity (Wildman–Crippen MR) is 358 cm³/mol. The van der Waals surface area contributed by atoms with Gasteiger partial charge in [0.15, 0.2) is 6.10 Å². The summed E-state index contributed by atoms with van der Waals surface area (Å²) in [6.45, 7) is 6.66. The van der Waals surface area contributed by atoms with Gasteiger partial charge in [-0.25, -0.2) is 0 Å². The van der Waals surface area contributed by atoms with Crippen molar-refractivity contribution in [3.05, 3.63) is 60.8 Å². The van der Waals surface area contributed by atoms with Crippen molar-refractivity contribution < 1.29 is 28.6 Å². The maximum atomic E-state index is 13.0. The maximum absolute atomic E-state index is 13.0. The van der Waals surface area contributed by atoms with Crippen molar-refractivity contribution >= 4 is 17.9 Å². The highest BCUT2D eigenvalue weighted by molar-refractivity contribution is 5.71. The van der Waals surface area contributed by atoms with Crippen LogP contribution in [0.15, 0.2) is 60.8 Å². The van der Waals surface area contributed by atoms with Crippen LogP contribution in [0.1, 0.15) is 387 Å². The molecule has 0 saturated heterocycles. The van der Waals surface area contributed by atoms with Crippen LogP contribution in [0.5, 0.6) is 0 Å². The minimum Gasteiger partial charge on any atom is -0.462 e. The molecule has 6 nitrogen and oxygen atoms in total. The molecule has 0 rings (SSSR count). The fraction of sp³-hybridized carbons (Fsp3) is 0.829. The lowest BCUT2D eigenvalue weighted by atomic mass is 10.0. The molecule has 0 aliphatic carbocycles. The second-order valence-electron chi connectivity index (χ2n) is 24.5. The second kappa shape index (κ2) is 70.6. The van der Waals surface area contributed by atoms with Gasteiger partial charge in [-0.05, 0) is 89.9 Å². The van der Waals surface area contributed by atoms with Crippen LogP contribution in [0.4, 0.5) is 0 Å². The normalized spacial score (nSPS) is 12.4. The second-order valence-corrected chi connectivity index (χ2v) is 24.5. The van der Waals surface area contributed by atoms with Gasteiger partial charge in [0.2, 0.25) is 0 Å². The minimum absolute atomic E-state index is 0.0726. The summed E-state index contributed by atoms with van der Waals surface area (Å²) in [5, 5.41) is 0. The van der Waals surface area contributed by atoms with Crippen LogP contribution in [-0.4, -0.2) is 37.2 Å². The van der Waals surface area contributed by atoms with Crippen molar-refractivity contribution in [2.75, 3.05) is 13.2 Å². The molecule has 82 heavy (non-hydrogen) atoms. The summed E-state index contributed by atoms with van der Waals surface area (Å²) in [7, 11) is 0. The number of carbonyl (C=O) groups is 3. The average molecular weight is 1150 g/mol. The standard InChI is InChI=1S/C76H138O6/c1-4-7-10-13-16-19-22-25-28-31-33-34-35-36-37-38-39-40-41-42-43-46-48-51-54-57-60-63-66-69-75(78)81-72-73(71-80-74(77)68-65-62-59-56-53-50-47-44-30-27-24-21-18-15-12-9-6-3)82-76(79)70-67-64-61-58-55-52-49-45-32-29-26-23-20-17-14-11-8-5-2/h18,21-22,25,27,30-31,33,35-36,73H,4-17,19-20,23-24,26,28-29,32,34,37-72H2,1-3H3/b21-18-,25-22-,30-27-,33-31-,36-35-. The van der Waals surface area contributed by atoms with Crippen molar-refractivity contribution in [1.29, 1.82) is 0 Å². The molecule has 0 radical (unpaired) electrons. The van der Waals surface area contributed by atoms with Crippen LogP contribution >= 0.6 is 0 Å². The third-order valence-electron chi connectivity index (χ3n) is 16.2. The summed E-state index contributed by atoms with van der Waals surface area (Å²) < 4.78 is 17.0. The smallest absolute Gasteiger partial charge is 0.306 e. The fourth-order valence-corrected chi connectivity index (χ4v) is 10.8. The summed E-state index contributed by atoms with van der Waals surface area (Å²) in [6.07, 6.45) is 91.0. The molecule has 0 aromatic carbocycles. The van der Waals surface area contributed by atoms with E-state index in [1.807, 2.05) is 0 Å². The van der Waals surface area contributed by atoms with Gasteiger partial charge >= 0.3 is 17.9 Å². The lowest BCUT2D eigenvalue weighted by Crippen LogP contribution is -2.30. The molecule has 6 heteroatoms. The molecule has 0 aromatic rings. The van der Waals surface area contributed by atoms with Gasteiger partial charge in [0, 0.05) is 19.3 Å². The molecule has 1 atom stereocenters. The van der Waals surface area contributed by atoms with Crippen LogP contribution in [0.25, 0.3) is 0 Å².